The standard InChI is InChI=1S/C13H20N2O2/c1-9(15-6-5-10(8-15)14-2)12-7-11(16)3-4-13(12)17/h3-4,7,9-10,14,16-17H,5-6,8H2,1-2H3. The fraction of sp³-hybridized carbons (Fsp3) is 0.538. The number of phenols is 2. The number of likely N-dealkylation sites (N-methyl/N-ethyl adjacent to an activating group) is 1. The summed E-state index contributed by atoms with van der Waals surface area (Å²) in [6, 6.07) is 5.35. The highest BCUT2D eigenvalue weighted by Crippen LogP contribution is 2.32. The monoisotopic (exact) mass is 236 g/mol. The van der Waals surface area contributed by atoms with E-state index < -0.39 is 0 Å². The van der Waals surface area contributed by atoms with Crippen LogP contribution < -0.4 is 5.32 Å². The summed E-state index contributed by atoms with van der Waals surface area (Å²) >= 11 is 0. The van der Waals surface area contributed by atoms with E-state index in [9.17, 15) is 10.2 Å². The molecule has 17 heavy (non-hydrogen) atoms. The van der Waals surface area contributed by atoms with Crippen LogP contribution in [0.3, 0.4) is 0 Å². The Balaban J connectivity index is 2.14. The molecule has 1 aromatic carbocycles. The maximum atomic E-state index is 9.84. The molecular weight excluding hydrogens is 216 g/mol. The number of benzene rings is 1. The second-order valence-electron chi connectivity index (χ2n) is 4.69. The van der Waals surface area contributed by atoms with Crippen molar-refractivity contribution in [3.8, 4) is 11.5 Å². The van der Waals surface area contributed by atoms with Crippen LogP contribution in [0.15, 0.2) is 18.2 Å². The van der Waals surface area contributed by atoms with E-state index in [2.05, 4.69) is 17.1 Å². The van der Waals surface area contributed by atoms with Gasteiger partial charge < -0.3 is 15.5 Å². The fourth-order valence-electron chi connectivity index (χ4n) is 2.45. The normalized spacial score (nSPS) is 22.8. The molecule has 1 saturated heterocycles. The molecule has 0 amide bonds. The van der Waals surface area contributed by atoms with Crippen molar-refractivity contribution in [2.24, 2.45) is 0 Å². The molecule has 0 aromatic heterocycles. The van der Waals surface area contributed by atoms with Crippen LogP contribution in [-0.2, 0) is 0 Å². The average molecular weight is 236 g/mol. The molecule has 2 atom stereocenters. The van der Waals surface area contributed by atoms with Gasteiger partial charge in [0, 0.05) is 30.7 Å². The molecule has 2 unspecified atom stereocenters. The van der Waals surface area contributed by atoms with Crippen LogP contribution in [0.2, 0.25) is 0 Å². The van der Waals surface area contributed by atoms with Crippen LogP contribution in [0.4, 0.5) is 0 Å². The first-order valence-electron chi connectivity index (χ1n) is 6.05. The topological polar surface area (TPSA) is 55.7 Å². The van der Waals surface area contributed by atoms with Gasteiger partial charge in [-0.15, -0.1) is 0 Å². The molecule has 1 aromatic rings. The number of rotatable bonds is 3. The third kappa shape index (κ3) is 2.53. The van der Waals surface area contributed by atoms with Crippen LogP contribution in [-0.4, -0.2) is 41.3 Å². The van der Waals surface area contributed by atoms with Crippen molar-refractivity contribution >= 4 is 0 Å². The summed E-state index contributed by atoms with van der Waals surface area (Å²) in [5.41, 5.74) is 0.793. The number of nitrogens with one attached hydrogen (secondary N) is 1. The van der Waals surface area contributed by atoms with E-state index in [4.69, 9.17) is 0 Å². The largest absolute Gasteiger partial charge is 0.508 e. The van der Waals surface area contributed by atoms with Gasteiger partial charge in [-0.2, -0.15) is 0 Å². The lowest BCUT2D eigenvalue weighted by Crippen LogP contribution is -2.31. The summed E-state index contributed by atoms with van der Waals surface area (Å²) in [4.78, 5) is 2.32. The van der Waals surface area contributed by atoms with Crippen molar-refractivity contribution in [1.82, 2.24) is 10.2 Å². The van der Waals surface area contributed by atoms with Crippen molar-refractivity contribution in [2.45, 2.75) is 25.4 Å². The van der Waals surface area contributed by atoms with Crippen molar-refractivity contribution in [1.29, 1.82) is 0 Å². The molecule has 1 aliphatic heterocycles. The molecule has 0 spiro atoms. The lowest BCUT2D eigenvalue weighted by molar-refractivity contribution is 0.251. The summed E-state index contributed by atoms with van der Waals surface area (Å²) in [6.45, 7) is 4.06. The Kier molecular flexibility index (Phi) is 3.54. The molecule has 0 bridgehead atoms. The first-order chi connectivity index (χ1) is 8.11. The highest BCUT2D eigenvalue weighted by atomic mass is 16.3. The Morgan fingerprint density at radius 2 is 2.18 bits per heavy atom. The van der Waals surface area contributed by atoms with E-state index in [1.54, 1.807) is 12.1 Å². The van der Waals surface area contributed by atoms with Gasteiger partial charge in [0.15, 0.2) is 0 Å². The molecular formula is C13H20N2O2. The van der Waals surface area contributed by atoms with Gasteiger partial charge in [0.2, 0.25) is 0 Å². The zero-order valence-corrected chi connectivity index (χ0v) is 10.3. The average Bonchev–Trinajstić information content (AvgIpc) is 2.80. The van der Waals surface area contributed by atoms with Gasteiger partial charge in [-0.05, 0) is 38.6 Å². The second kappa shape index (κ2) is 4.94. The van der Waals surface area contributed by atoms with Gasteiger partial charge in [0.1, 0.15) is 11.5 Å². The zero-order chi connectivity index (χ0) is 12.4. The predicted molar refractivity (Wildman–Crippen MR) is 67.2 cm³/mol. The lowest BCUT2D eigenvalue weighted by Gasteiger charge is -2.25. The van der Waals surface area contributed by atoms with Gasteiger partial charge >= 0.3 is 0 Å². The number of hydrogen-bond acceptors (Lipinski definition) is 4. The summed E-state index contributed by atoms with van der Waals surface area (Å²) in [5.74, 6) is 0.456. The Labute approximate surface area is 102 Å². The fourth-order valence-corrected chi connectivity index (χ4v) is 2.45. The Bertz CT molecular complexity index is 395. The molecule has 1 aliphatic rings. The van der Waals surface area contributed by atoms with E-state index in [0.29, 0.717) is 6.04 Å². The number of nitrogens with zero attached hydrogens (tertiary/aromatic N) is 1. The number of phenolic OH excluding ortho intramolecular Hbond substituents is 2. The van der Waals surface area contributed by atoms with Crippen molar-refractivity contribution in [3.05, 3.63) is 23.8 Å². The van der Waals surface area contributed by atoms with Gasteiger partial charge in [0.25, 0.3) is 0 Å². The van der Waals surface area contributed by atoms with Gasteiger partial charge in [0.05, 0.1) is 0 Å². The Morgan fingerprint density at radius 3 is 2.82 bits per heavy atom. The summed E-state index contributed by atoms with van der Waals surface area (Å²) in [5, 5.41) is 22.6. The van der Waals surface area contributed by atoms with Crippen LogP contribution in [0.5, 0.6) is 11.5 Å². The van der Waals surface area contributed by atoms with Crippen LogP contribution in [0.1, 0.15) is 24.9 Å². The third-order valence-electron chi connectivity index (χ3n) is 3.64. The molecule has 1 fully saturated rings. The predicted octanol–water partition coefficient (Wildman–Crippen LogP) is 1.45. The first kappa shape index (κ1) is 12.2. The van der Waals surface area contributed by atoms with E-state index in [1.807, 2.05) is 7.05 Å². The Morgan fingerprint density at radius 1 is 1.41 bits per heavy atom. The highest BCUT2D eigenvalue weighted by molar-refractivity contribution is 5.40. The zero-order valence-electron chi connectivity index (χ0n) is 10.3. The lowest BCUT2D eigenvalue weighted by atomic mass is 10.1. The van der Waals surface area contributed by atoms with E-state index >= 15 is 0 Å². The molecule has 4 nitrogen and oxygen atoms in total. The van der Waals surface area contributed by atoms with Gasteiger partial charge in [-0.1, -0.05) is 0 Å². The maximum Gasteiger partial charge on any atom is 0.120 e. The van der Waals surface area contributed by atoms with Crippen molar-refractivity contribution in [3.63, 3.8) is 0 Å². The highest BCUT2D eigenvalue weighted by Gasteiger charge is 2.27. The van der Waals surface area contributed by atoms with Crippen molar-refractivity contribution in [2.75, 3.05) is 20.1 Å². The molecule has 4 heteroatoms. The first-order valence-corrected chi connectivity index (χ1v) is 6.05. The molecule has 0 aliphatic carbocycles. The molecule has 3 N–H and O–H groups in total. The quantitative estimate of drug-likeness (QED) is 0.695. The molecule has 0 radical (unpaired) electrons. The van der Waals surface area contributed by atoms with Crippen molar-refractivity contribution < 1.29 is 10.2 Å². The van der Waals surface area contributed by atoms with Crippen LogP contribution >= 0.6 is 0 Å². The minimum Gasteiger partial charge on any atom is -0.508 e. The molecule has 1 heterocycles. The minimum absolute atomic E-state index is 0.125. The molecule has 2 rings (SSSR count). The molecule has 94 valence electrons. The third-order valence-corrected chi connectivity index (χ3v) is 3.64. The van der Waals surface area contributed by atoms with E-state index in [-0.39, 0.29) is 17.5 Å². The summed E-state index contributed by atoms with van der Waals surface area (Å²) in [6.07, 6.45) is 1.13. The van der Waals surface area contributed by atoms with Crippen LogP contribution in [0, 0.1) is 0 Å². The minimum atomic E-state index is 0.125. The number of hydrogen-bond donors (Lipinski definition) is 3. The van der Waals surface area contributed by atoms with E-state index in [0.717, 1.165) is 25.1 Å². The SMILES string of the molecule is CNC1CCN(C(C)c2cc(O)ccc2O)C1. The summed E-state index contributed by atoms with van der Waals surface area (Å²) in [7, 11) is 1.98. The van der Waals surface area contributed by atoms with Gasteiger partial charge in [-0.3, -0.25) is 4.90 Å². The number of aromatic hydroxyl groups is 2. The van der Waals surface area contributed by atoms with Crippen LogP contribution in [0.25, 0.3) is 0 Å². The van der Waals surface area contributed by atoms with E-state index in [1.165, 1.54) is 6.07 Å². The smallest absolute Gasteiger partial charge is 0.120 e. The maximum absolute atomic E-state index is 9.84. The molecule has 0 saturated carbocycles. The summed E-state index contributed by atoms with van der Waals surface area (Å²) < 4.78 is 0. The van der Waals surface area contributed by atoms with Gasteiger partial charge in [-0.25, -0.2) is 0 Å². The second-order valence-corrected chi connectivity index (χ2v) is 4.69. The Hall–Kier alpha value is -1.26. The number of likely N-dealkylation sites (tertiary alicyclic amines) is 1.